The highest BCUT2D eigenvalue weighted by Crippen LogP contribution is 2.32. The van der Waals surface area contributed by atoms with Crippen LogP contribution in [-0.2, 0) is 20.8 Å². The predicted octanol–water partition coefficient (Wildman–Crippen LogP) is 3.50. The summed E-state index contributed by atoms with van der Waals surface area (Å²) in [5.74, 6) is -0.321. The summed E-state index contributed by atoms with van der Waals surface area (Å²) in [6, 6.07) is 8.72. The molecule has 2 aromatic carbocycles. The van der Waals surface area contributed by atoms with E-state index < -0.39 is 26.5 Å². The molecule has 0 aliphatic carbocycles. The minimum absolute atomic E-state index is 0.161. The number of benzene rings is 2. The van der Waals surface area contributed by atoms with Gasteiger partial charge in [-0.25, -0.2) is 8.42 Å². The van der Waals surface area contributed by atoms with Crippen molar-refractivity contribution in [2.24, 2.45) is 0 Å². The first-order valence-electron chi connectivity index (χ1n) is 6.41. The van der Waals surface area contributed by atoms with Crippen LogP contribution in [0.5, 0.6) is 0 Å². The third kappa shape index (κ3) is 3.89. The molecule has 0 heterocycles. The second-order valence-electron chi connectivity index (χ2n) is 4.73. The first kappa shape index (κ1) is 17.0. The fraction of sp³-hybridized carbons (Fsp3) is 0.133. The highest BCUT2D eigenvalue weighted by atomic mass is 32.2. The van der Waals surface area contributed by atoms with Crippen molar-refractivity contribution in [1.82, 2.24) is 0 Å². The molecule has 1 N–H and O–H groups in total. The summed E-state index contributed by atoms with van der Waals surface area (Å²) in [5, 5.41) is 2.47. The van der Waals surface area contributed by atoms with Gasteiger partial charge in [0.15, 0.2) is 0 Å². The summed E-state index contributed by atoms with van der Waals surface area (Å²) < 4.78 is 62.9. The Morgan fingerprint density at radius 3 is 2.13 bits per heavy atom. The molecule has 0 unspecified atom stereocenters. The molecule has 8 heteroatoms. The lowest BCUT2D eigenvalue weighted by molar-refractivity contribution is -0.137. The number of halogens is 3. The molecule has 2 aromatic rings. The number of amides is 1. The van der Waals surface area contributed by atoms with Gasteiger partial charge in [-0.15, -0.1) is 0 Å². The number of hydrogen-bond donors (Lipinski definition) is 1. The largest absolute Gasteiger partial charge is 0.416 e. The van der Waals surface area contributed by atoms with Gasteiger partial charge in [0.1, 0.15) is 0 Å². The van der Waals surface area contributed by atoms with E-state index in [2.05, 4.69) is 5.32 Å². The van der Waals surface area contributed by atoms with Crippen LogP contribution >= 0.6 is 0 Å². The zero-order chi connectivity index (χ0) is 17.3. The Labute approximate surface area is 130 Å². The summed E-state index contributed by atoms with van der Waals surface area (Å²) >= 11 is 0. The average molecular weight is 343 g/mol. The minimum atomic E-state index is -4.62. The summed E-state index contributed by atoms with van der Waals surface area (Å²) in [7, 11) is -4.08. The molecular formula is C15H12F3NO3S. The van der Waals surface area contributed by atoms with Crippen molar-refractivity contribution in [3.05, 3.63) is 54.1 Å². The number of nitrogens with one attached hydrogen (secondary N) is 1. The van der Waals surface area contributed by atoms with E-state index in [4.69, 9.17) is 0 Å². The molecular weight excluding hydrogens is 331 g/mol. The number of hydrogen-bond acceptors (Lipinski definition) is 3. The van der Waals surface area contributed by atoms with Gasteiger partial charge in [-0.1, -0.05) is 6.07 Å². The van der Waals surface area contributed by atoms with E-state index in [0.29, 0.717) is 11.8 Å². The van der Waals surface area contributed by atoms with E-state index in [9.17, 15) is 26.4 Å². The number of carbonyl (C=O) groups is 1. The van der Waals surface area contributed by atoms with Gasteiger partial charge >= 0.3 is 6.18 Å². The van der Waals surface area contributed by atoms with Gasteiger partial charge in [0.2, 0.25) is 15.7 Å². The van der Waals surface area contributed by atoms with Crippen LogP contribution in [0.15, 0.2) is 58.3 Å². The number of anilines is 1. The van der Waals surface area contributed by atoms with Gasteiger partial charge in [-0.05, 0) is 42.5 Å². The van der Waals surface area contributed by atoms with E-state index in [1.807, 2.05) is 0 Å². The second kappa shape index (κ2) is 6.04. The Kier molecular flexibility index (Phi) is 4.46. The standard InChI is InChI=1S/C15H12F3NO3S/c1-10(20)19-12-5-7-13(8-6-12)23(21,22)14-4-2-3-11(9-14)15(16,17)18/h2-9H,1H3,(H,19,20). The van der Waals surface area contributed by atoms with Crippen molar-refractivity contribution in [3.63, 3.8) is 0 Å². The molecule has 23 heavy (non-hydrogen) atoms. The van der Waals surface area contributed by atoms with Gasteiger partial charge in [-0.2, -0.15) is 13.2 Å². The Morgan fingerprint density at radius 2 is 1.61 bits per heavy atom. The SMILES string of the molecule is CC(=O)Nc1ccc(S(=O)(=O)c2cccc(C(F)(F)F)c2)cc1. The van der Waals surface area contributed by atoms with Gasteiger partial charge in [0, 0.05) is 12.6 Å². The fourth-order valence-corrected chi connectivity index (χ4v) is 3.20. The van der Waals surface area contributed by atoms with Crippen molar-refractivity contribution in [2.45, 2.75) is 22.9 Å². The molecule has 0 bridgehead atoms. The van der Waals surface area contributed by atoms with Crippen LogP contribution in [-0.4, -0.2) is 14.3 Å². The van der Waals surface area contributed by atoms with Crippen molar-refractivity contribution >= 4 is 21.4 Å². The van der Waals surface area contributed by atoms with Crippen LogP contribution in [0.2, 0.25) is 0 Å². The van der Waals surface area contributed by atoms with Crippen molar-refractivity contribution in [2.75, 3.05) is 5.32 Å². The molecule has 0 aliphatic rings. The van der Waals surface area contributed by atoms with Crippen molar-refractivity contribution in [1.29, 1.82) is 0 Å². The monoisotopic (exact) mass is 343 g/mol. The molecule has 1 amide bonds. The molecule has 0 fully saturated rings. The lowest BCUT2D eigenvalue weighted by Crippen LogP contribution is -2.09. The van der Waals surface area contributed by atoms with Gasteiger partial charge in [0.05, 0.1) is 15.4 Å². The third-order valence-electron chi connectivity index (χ3n) is 2.96. The number of sulfone groups is 1. The second-order valence-corrected chi connectivity index (χ2v) is 6.68. The van der Waals surface area contributed by atoms with Crippen LogP contribution in [0.1, 0.15) is 12.5 Å². The number of rotatable bonds is 3. The minimum Gasteiger partial charge on any atom is -0.326 e. The molecule has 0 aliphatic heterocycles. The predicted molar refractivity (Wildman–Crippen MR) is 77.6 cm³/mol. The highest BCUT2D eigenvalue weighted by molar-refractivity contribution is 7.91. The lowest BCUT2D eigenvalue weighted by Gasteiger charge is -2.10. The molecule has 0 spiro atoms. The van der Waals surface area contributed by atoms with Crippen LogP contribution in [0, 0.1) is 0 Å². The van der Waals surface area contributed by atoms with Crippen molar-refractivity contribution in [3.8, 4) is 0 Å². The topological polar surface area (TPSA) is 63.2 Å². The molecule has 0 radical (unpaired) electrons. The summed E-state index contributed by atoms with van der Waals surface area (Å²) in [6.45, 7) is 1.30. The van der Waals surface area contributed by atoms with E-state index in [1.54, 1.807) is 0 Å². The Balaban J connectivity index is 2.40. The lowest BCUT2D eigenvalue weighted by atomic mass is 10.2. The number of carbonyl (C=O) groups excluding carboxylic acids is 1. The molecule has 2 rings (SSSR count). The van der Waals surface area contributed by atoms with Crippen LogP contribution in [0.25, 0.3) is 0 Å². The van der Waals surface area contributed by atoms with Gasteiger partial charge in [-0.3, -0.25) is 4.79 Å². The summed E-state index contributed by atoms with van der Waals surface area (Å²) in [5.41, 5.74) is -0.645. The fourth-order valence-electron chi connectivity index (χ4n) is 1.90. The normalized spacial score (nSPS) is 12.0. The average Bonchev–Trinajstić information content (AvgIpc) is 2.46. The summed E-state index contributed by atoms with van der Waals surface area (Å²) in [4.78, 5) is 10.3. The Hall–Kier alpha value is -2.35. The van der Waals surface area contributed by atoms with Crippen LogP contribution < -0.4 is 5.32 Å². The highest BCUT2D eigenvalue weighted by Gasteiger charge is 2.31. The van der Waals surface area contributed by atoms with E-state index in [0.717, 1.165) is 18.2 Å². The molecule has 0 aromatic heterocycles. The Morgan fingerprint density at radius 1 is 1.00 bits per heavy atom. The zero-order valence-corrected chi connectivity index (χ0v) is 12.7. The maximum absolute atomic E-state index is 12.7. The third-order valence-corrected chi connectivity index (χ3v) is 4.72. The van der Waals surface area contributed by atoms with Crippen molar-refractivity contribution < 1.29 is 26.4 Å². The van der Waals surface area contributed by atoms with Crippen LogP contribution in [0.4, 0.5) is 18.9 Å². The van der Waals surface area contributed by atoms with E-state index in [-0.39, 0.29) is 10.8 Å². The molecule has 4 nitrogen and oxygen atoms in total. The molecule has 0 saturated heterocycles. The molecule has 0 atom stereocenters. The molecule has 122 valence electrons. The van der Waals surface area contributed by atoms with Gasteiger partial charge in [0.25, 0.3) is 0 Å². The maximum atomic E-state index is 12.7. The van der Waals surface area contributed by atoms with E-state index >= 15 is 0 Å². The maximum Gasteiger partial charge on any atom is 0.416 e. The quantitative estimate of drug-likeness (QED) is 0.928. The zero-order valence-electron chi connectivity index (χ0n) is 11.9. The molecule has 0 saturated carbocycles. The first-order chi connectivity index (χ1) is 10.6. The smallest absolute Gasteiger partial charge is 0.326 e. The number of alkyl halides is 3. The Bertz CT molecular complexity index is 828. The van der Waals surface area contributed by atoms with E-state index in [1.165, 1.54) is 31.2 Å². The summed E-state index contributed by atoms with van der Waals surface area (Å²) in [6.07, 6.45) is -4.62. The first-order valence-corrected chi connectivity index (χ1v) is 7.89. The van der Waals surface area contributed by atoms with Gasteiger partial charge < -0.3 is 5.32 Å². The van der Waals surface area contributed by atoms with Crippen LogP contribution in [0.3, 0.4) is 0 Å².